The molecule has 0 bridgehead atoms. The highest BCUT2D eigenvalue weighted by Gasteiger charge is 2.43. The molecule has 1 rings (SSSR count). The Bertz CT molecular complexity index is 456. The van der Waals surface area contributed by atoms with Gasteiger partial charge >= 0.3 is 5.97 Å². The van der Waals surface area contributed by atoms with E-state index in [1.54, 1.807) is 6.92 Å². The molecular weight excluding hydrogens is 312 g/mol. The van der Waals surface area contributed by atoms with E-state index in [1.807, 2.05) is 0 Å². The lowest BCUT2D eigenvalue weighted by Gasteiger charge is -2.53. The van der Waals surface area contributed by atoms with Gasteiger partial charge in [-0.2, -0.15) is 0 Å². The Labute approximate surface area is 144 Å². The topological polar surface area (TPSA) is 58.6 Å². The average molecular weight is 343 g/mol. The van der Waals surface area contributed by atoms with Crippen molar-refractivity contribution in [1.82, 2.24) is 10.2 Å². The zero-order valence-electron chi connectivity index (χ0n) is 15.2. The van der Waals surface area contributed by atoms with Crippen molar-refractivity contribution in [2.45, 2.75) is 63.8 Å². The van der Waals surface area contributed by atoms with Crippen LogP contribution in [-0.2, 0) is 9.53 Å². The van der Waals surface area contributed by atoms with Gasteiger partial charge in [0.05, 0.1) is 6.54 Å². The molecule has 1 N–H and O–H groups in total. The molecule has 5 nitrogen and oxygen atoms in total. The number of ether oxygens (including phenoxy) is 1. The fraction of sp³-hybridized carbons (Fsp3) is 0.765. The van der Waals surface area contributed by atoms with E-state index in [9.17, 15) is 9.59 Å². The quantitative estimate of drug-likeness (QED) is 0.472. The maximum Gasteiger partial charge on any atom is 0.333 e. The van der Waals surface area contributed by atoms with Crippen LogP contribution in [0.1, 0.15) is 47.5 Å². The van der Waals surface area contributed by atoms with Gasteiger partial charge < -0.3 is 10.1 Å². The summed E-state index contributed by atoms with van der Waals surface area (Å²) in [7, 11) is 2.15. The number of esters is 1. The molecule has 0 aromatic heterocycles. The number of nitrogens with one attached hydrogen (secondary N) is 1. The number of rotatable bonds is 5. The SMILES string of the molecule is C=C(C)C(=O)OCCNC(=O)SC1CC(C)(C)N(C)C(C)(C)C1. The molecule has 1 saturated heterocycles. The smallest absolute Gasteiger partial charge is 0.333 e. The van der Waals surface area contributed by atoms with Crippen molar-refractivity contribution < 1.29 is 14.3 Å². The van der Waals surface area contributed by atoms with Gasteiger partial charge in [-0.25, -0.2) is 4.79 Å². The number of carbonyl (C=O) groups excluding carboxylic acids is 2. The molecule has 1 amide bonds. The molecule has 132 valence electrons. The van der Waals surface area contributed by atoms with Crippen molar-refractivity contribution in [2.24, 2.45) is 0 Å². The van der Waals surface area contributed by atoms with Crippen LogP contribution in [-0.4, -0.2) is 52.6 Å². The third-order valence-corrected chi connectivity index (χ3v) is 5.52. The molecule has 0 spiro atoms. The van der Waals surface area contributed by atoms with Crippen LogP contribution in [0, 0.1) is 0 Å². The van der Waals surface area contributed by atoms with Crippen LogP contribution < -0.4 is 5.32 Å². The van der Waals surface area contributed by atoms with E-state index in [0.29, 0.717) is 12.1 Å². The Morgan fingerprint density at radius 2 is 1.78 bits per heavy atom. The van der Waals surface area contributed by atoms with E-state index in [4.69, 9.17) is 4.74 Å². The second kappa shape index (κ2) is 7.71. The molecule has 0 aliphatic carbocycles. The summed E-state index contributed by atoms with van der Waals surface area (Å²) in [5, 5.41) is 3.02. The van der Waals surface area contributed by atoms with E-state index in [1.165, 1.54) is 11.8 Å². The molecule has 0 aromatic carbocycles. The van der Waals surface area contributed by atoms with Crippen LogP contribution in [0.4, 0.5) is 4.79 Å². The Balaban J connectivity index is 2.40. The lowest BCUT2D eigenvalue weighted by Crippen LogP contribution is -2.59. The lowest BCUT2D eigenvalue weighted by atomic mass is 9.80. The molecule has 0 radical (unpaired) electrons. The number of piperidine rings is 1. The Hall–Kier alpha value is -1.01. The summed E-state index contributed by atoms with van der Waals surface area (Å²) >= 11 is 1.36. The molecule has 1 heterocycles. The maximum absolute atomic E-state index is 12.1. The second-order valence-corrected chi connectivity index (χ2v) is 8.74. The van der Waals surface area contributed by atoms with Gasteiger partial charge in [0.15, 0.2) is 0 Å². The van der Waals surface area contributed by atoms with Crippen LogP contribution in [0.5, 0.6) is 0 Å². The molecular formula is C17H30N2O3S. The third-order valence-electron chi connectivity index (χ3n) is 4.50. The van der Waals surface area contributed by atoms with E-state index in [-0.39, 0.29) is 28.2 Å². The minimum Gasteiger partial charge on any atom is -0.460 e. The molecule has 0 unspecified atom stereocenters. The normalized spacial score (nSPS) is 20.8. The zero-order valence-corrected chi connectivity index (χ0v) is 16.0. The summed E-state index contributed by atoms with van der Waals surface area (Å²) in [6.45, 7) is 14.5. The summed E-state index contributed by atoms with van der Waals surface area (Å²) in [6, 6.07) is 0. The van der Waals surface area contributed by atoms with Crippen LogP contribution in [0.25, 0.3) is 0 Å². The van der Waals surface area contributed by atoms with Gasteiger partial charge in [0.25, 0.3) is 5.24 Å². The minimum absolute atomic E-state index is 0.0578. The first kappa shape index (κ1) is 20.0. The van der Waals surface area contributed by atoms with Crippen molar-refractivity contribution in [2.75, 3.05) is 20.2 Å². The molecule has 1 fully saturated rings. The molecule has 1 aliphatic heterocycles. The summed E-state index contributed by atoms with van der Waals surface area (Å²) in [4.78, 5) is 25.7. The Kier molecular flexibility index (Phi) is 6.71. The molecule has 0 saturated carbocycles. The number of thioether (sulfide) groups is 1. The molecule has 6 heteroatoms. The second-order valence-electron chi connectivity index (χ2n) is 7.46. The largest absolute Gasteiger partial charge is 0.460 e. The van der Waals surface area contributed by atoms with Crippen LogP contribution in [0.3, 0.4) is 0 Å². The fourth-order valence-electron chi connectivity index (χ4n) is 2.98. The van der Waals surface area contributed by atoms with Gasteiger partial charge in [0.2, 0.25) is 0 Å². The summed E-state index contributed by atoms with van der Waals surface area (Å²) < 4.78 is 4.95. The molecule has 23 heavy (non-hydrogen) atoms. The zero-order chi connectivity index (χ0) is 17.8. The van der Waals surface area contributed by atoms with Crippen molar-refractivity contribution in [3.05, 3.63) is 12.2 Å². The van der Waals surface area contributed by atoms with Crippen molar-refractivity contribution in [3.8, 4) is 0 Å². The van der Waals surface area contributed by atoms with Gasteiger partial charge in [0, 0.05) is 21.9 Å². The highest BCUT2D eigenvalue weighted by atomic mass is 32.2. The first-order chi connectivity index (χ1) is 10.5. The van der Waals surface area contributed by atoms with Crippen molar-refractivity contribution >= 4 is 23.0 Å². The number of hydrogen-bond acceptors (Lipinski definition) is 5. The number of carbonyl (C=O) groups is 2. The average Bonchev–Trinajstić information content (AvgIpc) is 2.39. The predicted octanol–water partition coefficient (Wildman–Crippen LogP) is 3.20. The number of likely N-dealkylation sites (tertiary alicyclic amines) is 1. The Morgan fingerprint density at radius 1 is 1.26 bits per heavy atom. The van der Waals surface area contributed by atoms with Crippen LogP contribution in [0.15, 0.2) is 12.2 Å². The third kappa shape index (κ3) is 5.84. The standard InChI is InChI=1S/C17H30N2O3S/c1-12(2)14(20)22-9-8-18-15(21)23-13-10-16(3,4)19(7)17(5,6)11-13/h13H,1,8-11H2,2-7H3,(H,18,21). The van der Waals surface area contributed by atoms with Gasteiger partial charge in [-0.1, -0.05) is 18.3 Å². The highest BCUT2D eigenvalue weighted by Crippen LogP contribution is 2.41. The fourth-order valence-corrected chi connectivity index (χ4v) is 4.45. The number of amides is 1. The van der Waals surface area contributed by atoms with Crippen LogP contribution >= 0.6 is 11.8 Å². The first-order valence-corrected chi connectivity index (χ1v) is 8.85. The van der Waals surface area contributed by atoms with Crippen LogP contribution in [0.2, 0.25) is 0 Å². The Morgan fingerprint density at radius 3 is 2.26 bits per heavy atom. The van der Waals surface area contributed by atoms with Gasteiger partial charge in [0.1, 0.15) is 6.61 Å². The van der Waals surface area contributed by atoms with Gasteiger partial charge in [-0.15, -0.1) is 0 Å². The van der Waals surface area contributed by atoms with Gasteiger partial charge in [-0.3, -0.25) is 9.69 Å². The maximum atomic E-state index is 12.1. The number of hydrogen-bond donors (Lipinski definition) is 1. The van der Waals surface area contributed by atoms with Gasteiger partial charge in [-0.05, 0) is 54.5 Å². The minimum atomic E-state index is -0.425. The van der Waals surface area contributed by atoms with Crippen molar-refractivity contribution in [1.29, 1.82) is 0 Å². The van der Waals surface area contributed by atoms with E-state index in [2.05, 4.69) is 51.5 Å². The molecule has 0 aromatic rings. The van der Waals surface area contributed by atoms with E-state index >= 15 is 0 Å². The lowest BCUT2D eigenvalue weighted by molar-refractivity contribution is -0.138. The van der Waals surface area contributed by atoms with E-state index < -0.39 is 5.97 Å². The number of nitrogens with zero attached hydrogens (tertiary/aromatic N) is 1. The monoisotopic (exact) mass is 342 g/mol. The first-order valence-electron chi connectivity index (χ1n) is 7.97. The molecule has 1 aliphatic rings. The molecule has 0 atom stereocenters. The van der Waals surface area contributed by atoms with Crippen molar-refractivity contribution in [3.63, 3.8) is 0 Å². The summed E-state index contributed by atoms with van der Waals surface area (Å²) in [5.41, 5.74) is 0.495. The van der Waals surface area contributed by atoms with E-state index in [0.717, 1.165) is 12.8 Å². The summed E-state index contributed by atoms with van der Waals surface area (Å²) in [5.74, 6) is -0.425. The summed E-state index contributed by atoms with van der Waals surface area (Å²) in [6.07, 6.45) is 1.94. The predicted molar refractivity (Wildman–Crippen MR) is 95.7 cm³/mol. The highest BCUT2D eigenvalue weighted by molar-refractivity contribution is 8.14.